The van der Waals surface area contributed by atoms with Crippen LogP contribution in [0.5, 0.6) is 5.75 Å². The minimum Gasteiger partial charge on any atom is -0.497 e. The lowest BCUT2D eigenvalue weighted by atomic mass is 9.81. The normalized spacial score (nSPS) is 18.5. The molecule has 1 saturated heterocycles. The predicted octanol–water partition coefficient (Wildman–Crippen LogP) is 3.17. The molecule has 0 unspecified atom stereocenters. The fourth-order valence-electron chi connectivity index (χ4n) is 3.63. The van der Waals surface area contributed by atoms with Crippen molar-refractivity contribution in [1.82, 2.24) is 15.2 Å². The molecule has 3 rings (SSSR count). The zero-order valence-electron chi connectivity index (χ0n) is 14.1. The zero-order chi connectivity index (χ0) is 15.7. The van der Waals surface area contributed by atoms with Crippen molar-refractivity contribution in [3.05, 3.63) is 30.0 Å². The number of methoxy groups -OCH3 is 1. The Bertz CT molecular complexity index is 635. The number of aromatic nitrogens is 1. The van der Waals surface area contributed by atoms with Crippen molar-refractivity contribution >= 4 is 10.9 Å². The number of aromatic amines is 1. The molecule has 0 saturated carbocycles. The number of hydrogen-bond donors (Lipinski definition) is 2. The summed E-state index contributed by atoms with van der Waals surface area (Å²) in [6.45, 7) is 11.3. The molecule has 2 N–H and O–H groups in total. The molecule has 4 nitrogen and oxygen atoms in total. The average Bonchev–Trinajstić information content (AvgIpc) is 2.90. The van der Waals surface area contributed by atoms with Crippen LogP contribution in [0.2, 0.25) is 0 Å². The van der Waals surface area contributed by atoms with Crippen LogP contribution in [0.3, 0.4) is 0 Å². The minimum absolute atomic E-state index is 0.176. The molecular weight excluding hydrogens is 274 g/mol. The third kappa shape index (κ3) is 2.85. The van der Waals surface area contributed by atoms with Gasteiger partial charge >= 0.3 is 0 Å². The summed E-state index contributed by atoms with van der Waals surface area (Å²) < 4.78 is 5.42. The van der Waals surface area contributed by atoms with Gasteiger partial charge in [-0.2, -0.15) is 0 Å². The standard InChI is InChI=1S/C18H27N3O/c1-18(2,3)17(21-9-7-19-8-10-21)15-12-20-16-6-5-13(22-4)11-14(15)16/h5-6,11-12,17,19-20H,7-10H2,1-4H3/t17-/m1/s1. The van der Waals surface area contributed by atoms with Crippen molar-refractivity contribution < 1.29 is 4.74 Å². The lowest BCUT2D eigenvalue weighted by Crippen LogP contribution is -2.48. The first-order valence-corrected chi connectivity index (χ1v) is 8.10. The Morgan fingerprint density at radius 1 is 1.18 bits per heavy atom. The van der Waals surface area contributed by atoms with Crippen LogP contribution in [-0.2, 0) is 0 Å². The van der Waals surface area contributed by atoms with Crippen molar-refractivity contribution in [2.24, 2.45) is 5.41 Å². The van der Waals surface area contributed by atoms with Crippen LogP contribution in [0, 0.1) is 5.41 Å². The van der Waals surface area contributed by atoms with Gasteiger partial charge in [-0.05, 0) is 29.2 Å². The summed E-state index contributed by atoms with van der Waals surface area (Å²) in [7, 11) is 1.73. The van der Waals surface area contributed by atoms with E-state index in [1.165, 1.54) is 16.5 Å². The van der Waals surface area contributed by atoms with E-state index < -0.39 is 0 Å². The van der Waals surface area contributed by atoms with Gasteiger partial charge in [-0.1, -0.05) is 20.8 Å². The Balaban J connectivity index is 2.07. The molecule has 1 aromatic carbocycles. The summed E-state index contributed by atoms with van der Waals surface area (Å²) in [4.78, 5) is 6.04. The minimum atomic E-state index is 0.176. The third-order valence-electron chi connectivity index (χ3n) is 4.55. The number of H-pyrrole nitrogens is 1. The summed E-state index contributed by atoms with van der Waals surface area (Å²) in [5, 5.41) is 4.73. The topological polar surface area (TPSA) is 40.3 Å². The van der Waals surface area contributed by atoms with Gasteiger partial charge in [0.15, 0.2) is 0 Å². The van der Waals surface area contributed by atoms with Crippen LogP contribution in [0.25, 0.3) is 10.9 Å². The first kappa shape index (κ1) is 15.4. The number of rotatable bonds is 3. The summed E-state index contributed by atoms with van der Waals surface area (Å²) in [5.41, 5.74) is 2.73. The fourth-order valence-corrected chi connectivity index (χ4v) is 3.63. The van der Waals surface area contributed by atoms with Crippen molar-refractivity contribution in [1.29, 1.82) is 0 Å². The van der Waals surface area contributed by atoms with Crippen LogP contribution >= 0.6 is 0 Å². The fraction of sp³-hybridized carbons (Fsp3) is 0.556. The molecule has 1 aromatic heterocycles. The molecule has 1 fully saturated rings. The van der Waals surface area contributed by atoms with E-state index in [1.54, 1.807) is 7.11 Å². The van der Waals surface area contributed by atoms with E-state index in [0.29, 0.717) is 6.04 Å². The molecule has 22 heavy (non-hydrogen) atoms. The second kappa shape index (κ2) is 5.94. The monoisotopic (exact) mass is 301 g/mol. The Morgan fingerprint density at radius 2 is 1.91 bits per heavy atom. The van der Waals surface area contributed by atoms with E-state index in [9.17, 15) is 0 Å². The third-order valence-corrected chi connectivity index (χ3v) is 4.55. The second-order valence-electron chi connectivity index (χ2n) is 7.21. The molecule has 2 heterocycles. The number of hydrogen-bond acceptors (Lipinski definition) is 3. The highest BCUT2D eigenvalue weighted by Crippen LogP contribution is 2.41. The van der Waals surface area contributed by atoms with Crippen LogP contribution < -0.4 is 10.1 Å². The molecule has 120 valence electrons. The molecule has 0 bridgehead atoms. The lowest BCUT2D eigenvalue weighted by molar-refractivity contribution is 0.0872. The summed E-state index contributed by atoms with van der Waals surface area (Å²) in [6.07, 6.45) is 2.18. The van der Waals surface area contributed by atoms with E-state index in [4.69, 9.17) is 4.74 Å². The molecule has 1 atom stereocenters. The van der Waals surface area contributed by atoms with Gasteiger partial charge in [0.2, 0.25) is 0 Å². The van der Waals surface area contributed by atoms with E-state index in [0.717, 1.165) is 31.9 Å². The maximum atomic E-state index is 5.42. The number of ether oxygens (including phenoxy) is 1. The maximum absolute atomic E-state index is 5.42. The maximum Gasteiger partial charge on any atom is 0.119 e. The molecule has 1 aliphatic heterocycles. The van der Waals surface area contributed by atoms with Gasteiger partial charge in [-0.25, -0.2) is 0 Å². The highest BCUT2D eigenvalue weighted by Gasteiger charge is 2.34. The molecule has 0 radical (unpaired) electrons. The quantitative estimate of drug-likeness (QED) is 0.915. The molecule has 0 spiro atoms. The average molecular weight is 301 g/mol. The SMILES string of the molecule is COc1ccc2[nH]cc([C@@H](N3CCNCC3)C(C)(C)C)c2c1. The molecule has 4 heteroatoms. The van der Waals surface area contributed by atoms with Crippen LogP contribution in [-0.4, -0.2) is 43.2 Å². The zero-order valence-corrected chi connectivity index (χ0v) is 14.1. The smallest absolute Gasteiger partial charge is 0.119 e. The van der Waals surface area contributed by atoms with Gasteiger partial charge in [0.05, 0.1) is 7.11 Å². The van der Waals surface area contributed by atoms with Gasteiger partial charge in [-0.3, -0.25) is 4.90 Å². The van der Waals surface area contributed by atoms with Gasteiger partial charge in [-0.15, -0.1) is 0 Å². The van der Waals surface area contributed by atoms with Crippen LogP contribution in [0.15, 0.2) is 24.4 Å². The Labute approximate surface area is 132 Å². The summed E-state index contributed by atoms with van der Waals surface area (Å²) in [6, 6.07) is 6.67. The summed E-state index contributed by atoms with van der Waals surface area (Å²) >= 11 is 0. The van der Waals surface area contributed by atoms with Gasteiger partial charge < -0.3 is 15.0 Å². The highest BCUT2D eigenvalue weighted by atomic mass is 16.5. The molecule has 2 aromatic rings. The Kier molecular flexibility index (Phi) is 4.15. The van der Waals surface area contributed by atoms with E-state index in [-0.39, 0.29) is 5.41 Å². The largest absolute Gasteiger partial charge is 0.497 e. The number of nitrogens with one attached hydrogen (secondary N) is 2. The van der Waals surface area contributed by atoms with Crippen LogP contribution in [0.4, 0.5) is 0 Å². The predicted molar refractivity (Wildman–Crippen MR) is 91.5 cm³/mol. The molecule has 0 amide bonds. The van der Waals surface area contributed by atoms with Crippen molar-refractivity contribution in [3.63, 3.8) is 0 Å². The van der Waals surface area contributed by atoms with Crippen molar-refractivity contribution in [3.8, 4) is 5.75 Å². The number of nitrogens with zero attached hydrogens (tertiary/aromatic N) is 1. The lowest BCUT2D eigenvalue weighted by Gasteiger charge is -2.42. The summed E-state index contributed by atoms with van der Waals surface area (Å²) in [5.74, 6) is 0.918. The molecular formula is C18H27N3O. The Morgan fingerprint density at radius 3 is 2.55 bits per heavy atom. The van der Waals surface area contributed by atoms with Gasteiger partial charge in [0.1, 0.15) is 5.75 Å². The highest BCUT2D eigenvalue weighted by molar-refractivity contribution is 5.85. The van der Waals surface area contributed by atoms with Crippen molar-refractivity contribution in [2.45, 2.75) is 26.8 Å². The van der Waals surface area contributed by atoms with Gasteiger partial charge in [0.25, 0.3) is 0 Å². The van der Waals surface area contributed by atoms with Crippen LogP contribution in [0.1, 0.15) is 32.4 Å². The van der Waals surface area contributed by atoms with Crippen molar-refractivity contribution in [2.75, 3.05) is 33.3 Å². The number of fused-ring (bicyclic) bond motifs is 1. The number of benzene rings is 1. The molecule has 1 aliphatic rings. The number of piperazine rings is 1. The van der Waals surface area contributed by atoms with E-state index in [1.807, 2.05) is 6.07 Å². The van der Waals surface area contributed by atoms with E-state index >= 15 is 0 Å². The Hall–Kier alpha value is -1.52. The van der Waals surface area contributed by atoms with E-state index in [2.05, 4.69) is 54.3 Å². The first-order valence-electron chi connectivity index (χ1n) is 8.10. The second-order valence-corrected chi connectivity index (χ2v) is 7.21. The van der Waals surface area contributed by atoms with Gasteiger partial charge in [0, 0.05) is 49.3 Å². The molecule has 0 aliphatic carbocycles. The first-order chi connectivity index (χ1) is 10.5.